The summed E-state index contributed by atoms with van der Waals surface area (Å²) in [5, 5.41) is 4.91. The van der Waals surface area contributed by atoms with E-state index in [4.69, 9.17) is 27.9 Å². The molecule has 43 heavy (non-hydrogen) atoms. The zero-order chi connectivity index (χ0) is 30.7. The Hall–Kier alpha value is -3.97. The van der Waals surface area contributed by atoms with Gasteiger partial charge in [0.2, 0.25) is 0 Å². The van der Waals surface area contributed by atoms with Crippen molar-refractivity contribution in [1.82, 2.24) is 9.80 Å². The van der Waals surface area contributed by atoms with Gasteiger partial charge in [0, 0.05) is 29.6 Å². The molecule has 0 saturated heterocycles. The number of carbonyl (C=O) groups excluding carboxylic acids is 2. The summed E-state index contributed by atoms with van der Waals surface area (Å²) in [5.74, 6) is -0.245. The van der Waals surface area contributed by atoms with Gasteiger partial charge in [-0.25, -0.2) is 4.79 Å². The van der Waals surface area contributed by atoms with Crippen molar-refractivity contribution in [1.29, 1.82) is 0 Å². The molecule has 1 fully saturated rings. The molecular formula is C33H33Cl2N5O3. The largest absolute Gasteiger partial charge is 0.444 e. The number of amides is 2. The number of benzene rings is 3. The second-order valence-electron chi connectivity index (χ2n) is 11.8. The van der Waals surface area contributed by atoms with Gasteiger partial charge >= 0.3 is 6.09 Å². The summed E-state index contributed by atoms with van der Waals surface area (Å²) in [5.41, 5.74) is 13.3. The molecule has 2 aliphatic rings. The lowest BCUT2D eigenvalue weighted by atomic mass is 9.87. The fourth-order valence-electron chi connectivity index (χ4n) is 5.29. The molecule has 3 aromatic rings. The van der Waals surface area contributed by atoms with Crippen LogP contribution in [0.3, 0.4) is 0 Å². The number of rotatable bonds is 7. The zero-order valence-electron chi connectivity index (χ0n) is 24.3. The summed E-state index contributed by atoms with van der Waals surface area (Å²) in [4.78, 5) is 34.2. The molecule has 1 unspecified atom stereocenters. The smallest absolute Gasteiger partial charge is 0.410 e. The molecule has 0 aromatic heterocycles. The maximum atomic E-state index is 14.6. The standard InChI is InChI=1S/C33H33Cl2N5O3/c1-33(2,3)43-32(42)39-19-26(31(41)40(25-15-16-25)18-24-13-8-14-27(34)30(24)35)29(28(20-39)37-38-36)23-12-7-11-22(17-23)21-9-5-4-6-10-21/h4-14,17,25,28H,15-16,18-20H2,1-3H3. The van der Waals surface area contributed by atoms with Crippen molar-refractivity contribution in [2.45, 2.75) is 57.8 Å². The summed E-state index contributed by atoms with van der Waals surface area (Å²) in [6.07, 6.45) is 1.13. The van der Waals surface area contributed by atoms with Crippen molar-refractivity contribution in [2.75, 3.05) is 13.1 Å². The summed E-state index contributed by atoms with van der Waals surface area (Å²) in [6, 6.07) is 22.3. The van der Waals surface area contributed by atoms with Gasteiger partial charge in [-0.3, -0.25) is 4.79 Å². The minimum atomic E-state index is -0.813. The van der Waals surface area contributed by atoms with E-state index in [1.54, 1.807) is 37.8 Å². The zero-order valence-corrected chi connectivity index (χ0v) is 25.8. The van der Waals surface area contributed by atoms with Gasteiger partial charge in [-0.05, 0) is 79.1 Å². The summed E-state index contributed by atoms with van der Waals surface area (Å²) >= 11 is 12.8. The topological polar surface area (TPSA) is 98.6 Å². The lowest BCUT2D eigenvalue weighted by Crippen LogP contribution is -2.48. The van der Waals surface area contributed by atoms with Crippen molar-refractivity contribution >= 4 is 40.8 Å². The fourth-order valence-corrected chi connectivity index (χ4v) is 5.67. The fraction of sp³-hybridized carbons (Fsp3) is 0.333. The first-order chi connectivity index (χ1) is 20.6. The lowest BCUT2D eigenvalue weighted by Gasteiger charge is -2.37. The predicted molar refractivity (Wildman–Crippen MR) is 170 cm³/mol. The minimum absolute atomic E-state index is 0.00257. The highest BCUT2D eigenvalue weighted by molar-refractivity contribution is 6.42. The third-order valence-corrected chi connectivity index (χ3v) is 8.26. The molecule has 10 heteroatoms. The monoisotopic (exact) mass is 617 g/mol. The molecule has 0 radical (unpaired) electrons. The number of nitrogens with zero attached hydrogens (tertiary/aromatic N) is 5. The van der Waals surface area contributed by atoms with Crippen LogP contribution in [0.5, 0.6) is 0 Å². The molecule has 1 saturated carbocycles. The first-order valence-corrected chi connectivity index (χ1v) is 15.0. The van der Waals surface area contributed by atoms with Crippen LogP contribution in [-0.4, -0.2) is 52.6 Å². The first kappa shape index (κ1) is 30.5. The van der Waals surface area contributed by atoms with Crippen LogP contribution >= 0.6 is 23.2 Å². The van der Waals surface area contributed by atoms with Crippen LogP contribution in [0.25, 0.3) is 27.1 Å². The Labute approximate surface area is 261 Å². The van der Waals surface area contributed by atoms with Gasteiger partial charge in [-0.2, -0.15) is 0 Å². The minimum Gasteiger partial charge on any atom is -0.444 e. The molecule has 8 nitrogen and oxygen atoms in total. The highest BCUT2D eigenvalue weighted by Crippen LogP contribution is 2.38. The Kier molecular flexibility index (Phi) is 9.02. The van der Waals surface area contributed by atoms with Gasteiger partial charge in [0.15, 0.2) is 0 Å². The van der Waals surface area contributed by atoms with E-state index in [1.165, 1.54) is 4.90 Å². The second kappa shape index (κ2) is 12.7. The third-order valence-electron chi connectivity index (χ3n) is 7.40. The van der Waals surface area contributed by atoms with E-state index in [1.807, 2.05) is 60.7 Å². The highest BCUT2D eigenvalue weighted by atomic mass is 35.5. The van der Waals surface area contributed by atoms with Crippen LogP contribution in [0.4, 0.5) is 4.79 Å². The Morgan fingerprint density at radius 1 is 1.00 bits per heavy atom. The van der Waals surface area contributed by atoms with Crippen LogP contribution in [0.1, 0.15) is 44.7 Å². The van der Waals surface area contributed by atoms with Gasteiger partial charge in [0.25, 0.3) is 5.91 Å². The van der Waals surface area contributed by atoms with Crippen molar-refractivity contribution < 1.29 is 14.3 Å². The molecule has 1 heterocycles. The number of halogens is 2. The molecule has 1 aliphatic carbocycles. The number of hydrogen-bond acceptors (Lipinski definition) is 4. The second-order valence-corrected chi connectivity index (χ2v) is 12.6. The quantitative estimate of drug-likeness (QED) is 0.151. The molecule has 222 valence electrons. The molecule has 1 aliphatic heterocycles. The van der Waals surface area contributed by atoms with E-state index in [-0.39, 0.29) is 31.6 Å². The molecule has 1 atom stereocenters. The summed E-state index contributed by atoms with van der Waals surface area (Å²) in [6.45, 7) is 5.68. The van der Waals surface area contributed by atoms with Gasteiger partial charge < -0.3 is 14.5 Å². The Morgan fingerprint density at radius 2 is 1.67 bits per heavy atom. The van der Waals surface area contributed by atoms with Crippen molar-refractivity contribution in [3.05, 3.63) is 110 Å². The van der Waals surface area contributed by atoms with Crippen LogP contribution in [0, 0.1) is 0 Å². The number of hydrogen-bond donors (Lipinski definition) is 0. The maximum absolute atomic E-state index is 14.6. The summed E-state index contributed by atoms with van der Waals surface area (Å²) < 4.78 is 5.67. The maximum Gasteiger partial charge on any atom is 0.410 e. The van der Waals surface area contributed by atoms with E-state index in [9.17, 15) is 15.1 Å². The number of azide groups is 1. The van der Waals surface area contributed by atoms with Crippen LogP contribution in [-0.2, 0) is 16.1 Å². The first-order valence-electron chi connectivity index (χ1n) is 14.2. The summed E-state index contributed by atoms with van der Waals surface area (Å²) in [7, 11) is 0. The Balaban J connectivity index is 1.63. The van der Waals surface area contributed by atoms with E-state index >= 15 is 0 Å². The molecule has 0 N–H and O–H groups in total. The van der Waals surface area contributed by atoms with Crippen LogP contribution in [0.15, 0.2) is 83.5 Å². The van der Waals surface area contributed by atoms with Gasteiger partial charge in [0.05, 0.1) is 22.6 Å². The van der Waals surface area contributed by atoms with Crippen molar-refractivity contribution in [3.8, 4) is 11.1 Å². The molecule has 0 bridgehead atoms. The van der Waals surface area contributed by atoms with Gasteiger partial charge in [-0.15, -0.1) is 0 Å². The van der Waals surface area contributed by atoms with E-state index in [0.29, 0.717) is 21.2 Å². The van der Waals surface area contributed by atoms with E-state index < -0.39 is 17.7 Å². The number of carbonyl (C=O) groups is 2. The normalized spacial score (nSPS) is 16.9. The molecule has 5 rings (SSSR count). The predicted octanol–water partition coefficient (Wildman–Crippen LogP) is 8.53. The molecule has 2 amide bonds. The third kappa shape index (κ3) is 7.16. The Morgan fingerprint density at radius 3 is 2.35 bits per heavy atom. The van der Waals surface area contributed by atoms with E-state index in [2.05, 4.69) is 10.0 Å². The average Bonchev–Trinajstić information content (AvgIpc) is 3.82. The van der Waals surface area contributed by atoms with E-state index in [0.717, 1.165) is 35.1 Å². The molecular weight excluding hydrogens is 585 g/mol. The van der Waals surface area contributed by atoms with Crippen LogP contribution < -0.4 is 0 Å². The number of ether oxygens (including phenoxy) is 1. The van der Waals surface area contributed by atoms with Gasteiger partial charge in [0.1, 0.15) is 5.60 Å². The Bertz CT molecular complexity index is 1610. The van der Waals surface area contributed by atoms with Crippen molar-refractivity contribution in [2.24, 2.45) is 5.11 Å². The average molecular weight is 619 g/mol. The molecule has 3 aromatic carbocycles. The van der Waals surface area contributed by atoms with Gasteiger partial charge in [-0.1, -0.05) is 89.0 Å². The molecule has 0 spiro atoms. The highest BCUT2D eigenvalue weighted by Gasteiger charge is 2.40. The lowest BCUT2D eigenvalue weighted by molar-refractivity contribution is -0.128. The van der Waals surface area contributed by atoms with Crippen molar-refractivity contribution in [3.63, 3.8) is 0 Å². The SMILES string of the molecule is CC(C)(C)OC(=O)N1CC(C(=O)N(Cc2cccc(Cl)c2Cl)C2CC2)=C(c2cccc(-c3ccccc3)c2)C(N=[N+]=[N-])C1. The van der Waals surface area contributed by atoms with Crippen LogP contribution in [0.2, 0.25) is 10.0 Å².